The van der Waals surface area contributed by atoms with Gasteiger partial charge in [-0.3, -0.25) is 9.48 Å². The second-order valence-corrected chi connectivity index (χ2v) is 6.65. The van der Waals surface area contributed by atoms with E-state index in [2.05, 4.69) is 42.0 Å². The number of anilines is 2. The average Bonchev–Trinajstić information content (AvgIpc) is 2.93. The van der Waals surface area contributed by atoms with Crippen LogP contribution in [-0.4, -0.2) is 22.2 Å². The van der Waals surface area contributed by atoms with E-state index in [4.69, 9.17) is 5.10 Å². The van der Waals surface area contributed by atoms with Crippen molar-refractivity contribution in [3.05, 3.63) is 66.0 Å². The van der Waals surface area contributed by atoms with E-state index in [0.29, 0.717) is 13.0 Å². The molecule has 5 heteroatoms. The molecule has 0 spiro atoms. The van der Waals surface area contributed by atoms with E-state index in [-0.39, 0.29) is 11.9 Å². The number of aromatic nitrogens is 2. The van der Waals surface area contributed by atoms with Gasteiger partial charge in [-0.2, -0.15) is 5.10 Å². The van der Waals surface area contributed by atoms with Crippen molar-refractivity contribution in [3.63, 3.8) is 0 Å². The van der Waals surface area contributed by atoms with Crippen LogP contribution in [0.1, 0.15) is 30.6 Å². The van der Waals surface area contributed by atoms with Crippen LogP contribution >= 0.6 is 0 Å². The van der Waals surface area contributed by atoms with Crippen LogP contribution in [0.4, 0.5) is 11.4 Å². The summed E-state index contributed by atoms with van der Waals surface area (Å²) in [6.07, 6.45) is 2.56. The number of nitrogens with zero attached hydrogens (tertiary/aromatic N) is 2. The van der Waals surface area contributed by atoms with E-state index >= 15 is 0 Å². The third-order valence-corrected chi connectivity index (χ3v) is 4.88. The lowest BCUT2D eigenvalue weighted by atomic mass is 10.0. The maximum Gasteiger partial charge on any atom is 0.226 e. The lowest BCUT2D eigenvalue weighted by Gasteiger charge is -2.13. The van der Waals surface area contributed by atoms with Crippen LogP contribution < -0.4 is 10.6 Å². The first-order valence-corrected chi connectivity index (χ1v) is 8.91. The number of amides is 1. The highest BCUT2D eigenvalue weighted by Crippen LogP contribution is 2.37. The van der Waals surface area contributed by atoms with Crippen molar-refractivity contribution in [3.8, 4) is 11.1 Å². The van der Waals surface area contributed by atoms with Gasteiger partial charge < -0.3 is 10.6 Å². The topological polar surface area (TPSA) is 59.0 Å². The smallest absolute Gasteiger partial charge is 0.226 e. The summed E-state index contributed by atoms with van der Waals surface area (Å²) in [5.41, 5.74) is 6.13. The lowest BCUT2D eigenvalue weighted by molar-refractivity contribution is -0.115. The molecule has 0 saturated carbocycles. The first-order valence-electron chi connectivity index (χ1n) is 8.91. The Morgan fingerprint density at radius 2 is 1.88 bits per heavy atom. The quantitative estimate of drug-likeness (QED) is 0.746. The zero-order valence-corrected chi connectivity index (χ0v) is 15.0. The summed E-state index contributed by atoms with van der Waals surface area (Å²) in [6.45, 7) is 4.80. The number of para-hydroxylation sites is 1. The van der Waals surface area contributed by atoms with E-state index in [9.17, 15) is 4.79 Å². The van der Waals surface area contributed by atoms with Crippen molar-refractivity contribution in [1.29, 1.82) is 0 Å². The molecule has 1 aromatic heterocycles. The molecular formula is C21H22N4O. The second kappa shape index (κ2) is 6.67. The van der Waals surface area contributed by atoms with Crippen molar-refractivity contribution < 1.29 is 4.79 Å². The fourth-order valence-corrected chi connectivity index (χ4v) is 3.41. The predicted octanol–water partition coefficient (Wildman–Crippen LogP) is 4.22. The van der Waals surface area contributed by atoms with Crippen molar-refractivity contribution in [2.24, 2.45) is 0 Å². The molecule has 2 aromatic carbocycles. The molecule has 1 amide bonds. The Morgan fingerprint density at radius 3 is 2.69 bits per heavy atom. The molecule has 1 atom stereocenters. The Balaban J connectivity index is 1.75. The average molecular weight is 346 g/mol. The van der Waals surface area contributed by atoms with E-state index in [1.165, 1.54) is 5.56 Å². The number of fused-ring (bicyclic) bond motifs is 1. The van der Waals surface area contributed by atoms with Gasteiger partial charge in [0.25, 0.3) is 0 Å². The van der Waals surface area contributed by atoms with Gasteiger partial charge in [0.2, 0.25) is 5.91 Å². The van der Waals surface area contributed by atoms with Crippen LogP contribution in [0.25, 0.3) is 11.1 Å². The number of nitrogens with one attached hydrogen (secondary N) is 2. The van der Waals surface area contributed by atoms with Gasteiger partial charge in [0.05, 0.1) is 23.1 Å². The van der Waals surface area contributed by atoms with Crippen molar-refractivity contribution in [2.45, 2.75) is 26.3 Å². The molecule has 26 heavy (non-hydrogen) atoms. The fraction of sp³-hybridized carbons (Fsp3) is 0.238. The normalized spacial score (nSPS) is 14.8. The van der Waals surface area contributed by atoms with Crippen LogP contribution in [-0.2, 0) is 4.79 Å². The number of benzene rings is 2. The summed E-state index contributed by atoms with van der Waals surface area (Å²) in [7, 11) is 0. The van der Waals surface area contributed by atoms with Crippen LogP contribution in [0.15, 0.2) is 54.7 Å². The Morgan fingerprint density at radius 1 is 1.08 bits per heavy atom. The van der Waals surface area contributed by atoms with Crippen LogP contribution in [0, 0.1) is 6.92 Å². The predicted molar refractivity (Wildman–Crippen MR) is 104 cm³/mol. The molecule has 0 unspecified atom stereocenters. The van der Waals surface area contributed by atoms with Gasteiger partial charge in [0.1, 0.15) is 0 Å². The molecule has 1 aliphatic heterocycles. The van der Waals surface area contributed by atoms with Gasteiger partial charge in [-0.25, -0.2) is 0 Å². The largest absolute Gasteiger partial charge is 0.382 e. The fourth-order valence-electron chi connectivity index (χ4n) is 3.41. The highest BCUT2D eigenvalue weighted by Gasteiger charge is 2.19. The van der Waals surface area contributed by atoms with Gasteiger partial charge >= 0.3 is 0 Å². The SMILES string of the molecule is Cc1nn([C@@H](C)c2ccccc2)cc1-c1cccc2c1NCCC(=O)N2. The first-order chi connectivity index (χ1) is 12.6. The molecule has 0 saturated heterocycles. The zero-order chi connectivity index (χ0) is 18.1. The van der Waals surface area contributed by atoms with E-state index < -0.39 is 0 Å². The van der Waals surface area contributed by atoms with Crippen molar-refractivity contribution >= 4 is 17.3 Å². The van der Waals surface area contributed by atoms with Crippen LogP contribution in [0.5, 0.6) is 0 Å². The van der Waals surface area contributed by atoms with Crippen molar-refractivity contribution in [2.75, 3.05) is 17.2 Å². The lowest BCUT2D eigenvalue weighted by Crippen LogP contribution is -2.10. The maximum atomic E-state index is 11.8. The molecular weight excluding hydrogens is 324 g/mol. The summed E-state index contributed by atoms with van der Waals surface area (Å²) >= 11 is 0. The van der Waals surface area contributed by atoms with Crippen LogP contribution in [0.2, 0.25) is 0 Å². The van der Waals surface area contributed by atoms with Gasteiger partial charge in [-0.05, 0) is 25.5 Å². The molecule has 0 radical (unpaired) electrons. The molecule has 0 fully saturated rings. The Labute approximate surface area is 153 Å². The summed E-state index contributed by atoms with van der Waals surface area (Å²) in [5, 5.41) is 11.1. The minimum absolute atomic E-state index is 0.0403. The molecule has 0 aliphatic carbocycles. The van der Waals surface area contributed by atoms with Gasteiger partial charge in [0.15, 0.2) is 0 Å². The van der Waals surface area contributed by atoms with E-state index in [1.54, 1.807) is 0 Å². The summed E-state index contributed by atoms with van der Waals surface area (Å²) in [6, 6.07) is 16.5. The number of rotatable bonds is 3. The van der Waals surface area contributed by atoms with E-state index in [0.717, 1.165) is 28.2 Å². The monoisotopic (exact) mass is 346 g/mol. The standard InChI is InChI=1S/C21H22N4O/c1-14-18(13-25(24-14)15(2)16-7-4-3-5-8-16)17-9-6-10-19-21(17)22-12-11-20(26)23-19/h3-10,13,15,22H,11-12H2,1-2H3,(H,23,26)/t15-/m0/s1. The highest BCUT2D eigenvalue weighted by molar-refractivity contribution is 5.99. The summed E-state index contributed by atoms with van der Waals surface area (Å²) in [5.74, 6) is 0.0403. The highest BCUT2D eigenvalue weighted by atomic mass is 16.1. The Bertz CT molecular complexity index is 946. The third kappa shape index (κ3) is 2.96. The second-order valence-electron chi connectivity index (χ2n) is 6.65. The molecule has 4 rings (SSSR count). The van der Waals surface area contributed by atoms with Crippen LogP contribution in [0.3, 0.4) is 0 Å². The number of aryl methyl sites for hydroxylation is 1. The number of carbonyl (C=O) groups excluding carboxylic acids is 1. The third-order valence-electron chi connectivity index (χ3n) is 4.88. The molecule has 132 valence electrons. The van der Waals surface area contributed by atoms with Gasteiger partial charge in [-0.1, -0.05) is 42.5 Å². The first kappa shape index (κ1) is 16.4. The molecule has 3 aromatic rings. The van der Waals surface area contributed by atoms with E-state index in [1.807, 2.05) is 41.9 Å². The number of hydrogen-bond donors (Lipinski definition) is 2. The minimum atomic E-state index is 0.0403. The number of carbonyl (C=O) groups is 1. The van der Waals surface area contributed by atoms with Crippen molar-refractivity contribution in [1.82, 2.24) is 9.78 Å². The summed E-state index contributed by atoms with van der Waals surface area (Å²) in [4.78, 5) is 11.8. The molecule has 2 N–H and O–H groups in total. The molecule has 5 nitrogen and oxygen atoms in total. The zero-order valence-electron chi connectivity index (χ0n) is 15.0. The summed E-state index contributed by atoms with van der Waals surface area (Å²) < 4.78 is 2.01. The molecule has 1 aliphatic rings. The molecule has 2 heterocycles. The number of hydrogen-bond acceptors (Lipinski definition) is 3. The van der Waals surface area contributed by atoms with Gasteiger partial charge in [-0.15, -0.1) is 0 Å². The van der Waals surface area contributed by atoms with Gasteiger partial charge in [0, 0.05) is 30.3 Å². The molecule has 0 bridgehead atoms. The minimum Gasteiger partial charge on any atom is -0.382 e. The maximum absolute atomic E-state index is 11.8. The Hall–Kier alpha value is -3.08. The Kier molecular flexibility index (Phi) is 4.21.